The lowest BCUT2D eigenvalue weighted by Crippen LogP contribution is -2.13. The van der Waals surface area contributed by atoms with E-state index in [4.69, 9.17) is 11.1 Å². The minimum atomic E-state index is 0.0666. The van der Waals surface area contributed by atoms with Gasteiger partial charge in [-0.05, 0) is 30.2 Å². The van der Waals surface area contributed by atoms with E-state index in [0.29, 0.717) is 5.16 Å². The molecule has 1 heterocycles. The van der Waals surface area contributed by atoms with Crippen molar-refractivity contribution in [3.05, 3.63) is 30.1 Å². The lowest BCUT2D eigenvalue weighted by Gasteiger charge is -2.10. The van der Waals surface area contributed by atoms with Gasteiger partial charge in [0.1, 0.15) is 12.2 Å². The zero-order chi connectivity index (χ0) is 12.3. The minimum absolute atomic E-state index is 0.0666. The molecule has 1 aromatic heterocycles. The van der Waals surface area contributed by atoms with Gasteiger partial charge in [-0.15, -0.1) is 11.8 Å². The average Bonchev–Trinajstić information content (AvgIpc) is 2.81. The number of benzene rings is 1. The van der Waals surface area contributed by atoms with Crippen LogP contribution in [0.25, 0.3) is 0 Å². The molecule has 0 atom stereocenters. The first-order valence-corrected chi connectivity index (χ1v) is 6.81. The van der Waals surface area contributed by atoms with Crippen molar-refractivity contribution >= 4 is 29.4 Å². The third kappa shape index (κ3) is 2.62. The van der Waals surface area contributed by atoms with Crippen LogP contribution in [-0.2, 0) is 0 Å². The summed E-state index contributed by atoms with van der Waals surface area (Å²) in [5.41, 5.74) is 6.38. The number of H-pyrrole nitrogens is 1. The van der Waals surface area contributed by atoms with Crippen LogP contribution in [0.2, 0.25) is 0 Å². The first-order chi connectivity index (χ1) is 8.22. The van der Waals surface area contributed by atoms with Gasteiger partial charge in [0.25, 0.3) is 0 Å². The van der Waals surface area contributed by atoms with Crippen LogP contribution in [0.5, 0.6) is 0 Å². The first-order valence-electron chi connectivity index (χ1n) is 4.77. The Balaban J connectivity index is 2.42. The second kappa shape index (κ2) is 5.24. The van der Waals surface area contributed by atoms with Gasteiger partial charge in [0.2, 0.25) is 0 Å². The van der Waals surface area contributed by atoms with Crippen molar-refractivity contribution in [1.29, 1.82) is 5.41 Å². The number of nitrogens with zero attached hydrogens (tertiary/aromatic N) is 2. The van der Waals surface area contributed by atoms with Crippen molar-refractivity contribution in [2.24, 2.45) is 5.73 Å². The van der Waals surface area contributed by atoms with Gasteiger partial charge in [0, 0.05) is 15.4 Å². The van der Waals surface area contributed by atoms with Crippen LogP contribution in [0.4, 0.5) is 0 Å². The van der Waals surface area contributed by atoms with Crippen molar-refractivity contribution in [3.63, 3.8) is 0 Å². The number of thioether (sulfide) groups is 1. The Bertz CT molecular complexity index is 523. The fourth-order valence-corrected chi connectivity index (χ4v) is 2.96. The van der Waals surface area contributed by atoms with Crippen molar-refractivity contribution in [1.82, 2.24) is 15.2 Å². The van der Waals surface area contributed by atoms with E-state index in [0.717, 1.165) is 15.4 Å². The Kier molecular flexibility index (Phi) is 3.70. The smallest absolute Gasteiger partial charge is 0.188 e. The molecule has 0 saturated carbocycles. The molecule has 0 saturated heterocycles. The molecule has 5 nitrogen and oxygen atoms in total. The highest BCUT2D eigenvalue weighted by molar-refractivity contribution is 7.99. The van der Waals surface area contributed by atoms with E-state index in [-0.39, 0.29) is 5.84 Å². The Hall–Kier alpha value is -1.47. The van der Waals surface area contributed by atoms with Gasteiger partial charge in [-0.3, -0.25) is 10.5 Å². The average molecular weight is 265 g/mol. The molecular weight excluding hydrogens is 254 g/mol. The quantitative estimate of drug-likeness (QED) is 0.446. The summed E-state index contributed by atoms with van der Waals surface area (Å²) in [6, 6.07) is 5.81. The van der Waals surface area contributed by atoms with Crippen molar-refractivity contribution in [3.8, 4) is 0 Å². The van der Waals surface area contributed by atoms with Crippen molar-refractivity contribution in [2.75, 3.05) is 6.26 Å². The molecule has 2 aromatic rings. The highest BCUT2D eigenvalue weighted by atomic mass is 32.2. The van der Waals surface area contributed by atoms with Crippen LogP contribution in [-0.4, -0.2) is 27.3 Å². The largest absolute Gasteiger partial charge is 0.384 e. The van der Waals surface area contributed by atoms with E-state index >= 15 is 0 Å². The van der Waals surface area contributed by atoms with E-state index < -0.39 is 0 Å². The van der Waals surface area contributed by atoms with E-state index in [1.807, 2.05) is 24.5 Å². The van der Waals surface area contributed by atoms with Crippen molar-refractivity contribution in [2.45, 2.75) is 14.9 Å². The molecule has 4 N–H and O–H groups in total. The standard InChI is InChI=1S/C10H11N5S2/c1-16-6-3-2-4-7(8(6)9(11)12)17-10-13-5-14-15-10/h2-5H,1H3,(H3,11,12)(H,13,14,15). The highest BCUT2D eigenvalue weighted by Gasteiger charge is 2.12. The maximum absolute atomic E-state index is 7.65. The zero-order valence-corrected chi connectivity index (χ0v) is 10.7. The second-order valence-corrected chi connectivity index (χ2v) is 5.02. The van der Waals surface area contributed by atoms with Gasteiger partial charge >= 0.3 is 0 Å². The number of nitrogens with one attached hydrogen (secondary N) is 2. The third-order valence-electron chi connectivity index (χ3n) is 2.08. The summed E-state index contributed by atoms with van der Waals surface area (Å²) in [6.45, 7) is 0. The minimum Gasteiger partial charge on any atom is -0.384 e. The molecule has 0 fully saturated rings. The normalized spacial score (nSPS) is 10.4. The van der Waals surface area contributed by atoms with Gasteiger partial charge < -0.3 is 5.73 Å². The van der Waals surface area contributed by atoms with Crippen LogP contribution in [0, 0.1) is 5.41 Å². The number of aromatic amines is 1. The van der Waals surface area contributed by atoms with E-state index in [1.54, 1.807) is 11.8 Å². The predicted molar refractivity (Wildman–Crippen MR) is 69.7 cm³/mol. The Labute approximate surface area is 107 Å². The number of nitrogen functional groups attached to an aromatic ring is 1. The summed E-state index contributed by atoms with van der Waals surface area (Å²) in [4.78, 5) is 5.94. The second-order valence-electron chi connectivity index (χ2n) is 3.14. The van der Waals surface area contributed by atoms with Gasteiger partial charge in [-0.2, -0.15) is 5.10 Å². The van der Waals surface area contributed by atoms with Crippen LogP contribution in [0.3, 0.4) is 0 Å². The zero-order valence-electron chi connectivity index (χ0n) is 9.10. The molecule has 0 aliphatic carbocycles. The highest BCUT2D eigenvalue weighted by Crippen LogP contribution is 2.32. The summed E-state index contributed by atoms with van der Waals surface area (Å²) in [5, 5.41) is 14.9. The van der Waals surface area contributed by atoms with Gasteiger partial charge in [-0.1, -0.05) is 6.07 Å². The molecule has 0 bridgehead atoms. The Morgan fingerprint density at radius 3 is 2.76 bits per heavy atom. The van der Waals surface area contributed by atoms with Crippen LogP contribution in [0.1, 0.15) is 5.56 Å². The number of nitrogens with two attached hydrogens (primary N) is 1. The topological polar surface area (TPSA) is 91.4 Å². The molecule has 0 aliphatic heterocycles. The monoisotopic (exact) mass is 265 g/mol. The SMILES string of the molecule is CSc1cccc(Sc2ncn[nH]2)c1C(=N)N. The van der Waals surface area contributed by atoms with Crippen molar-refractivity contribution < 1.29 is 0 Å². The summed E-state index contributed by atoms with van der Waals surface area (Å²) in [5.74, 6) is 0.0666. The number of amidine groups is 1. The van der Waals surface area contributed by atoms with Gasteiger partial charge in [0.15, 0.2) is 5.16 Å². The van der Waals surface area contributed by atoms with E-state index in [2.05, 4.69) is 15.2 Å². The number of rotatable bonds is 4. The fraction of sp³-hybridized carbons (Fsp3) is 0.100. The molecule has 0 radical (unpaired) electrons. The van der Waals surface area contributed by atoms with Gasteiger partial charge in [0.05, 0.1) is 0 Å². The number of hydrogen-bond donors (Lipinski definition) is 3. The molecule has 0 aliphatic rings. The van der Waals surface area contributed by atoms with E-state index in [9.17, 15) is 0 Å². The molecule has 17 heavy (non-hydrogen) atoms. The van der Waals surface area contributed by atoms with E-state index in [1.165, 1.54) is 18.1 Å². The Morgan fingerprint density at radius 1 is 1.41 bits per heavy atom. The summed E-state index contributed by atoms with van der Waals surface area (Å²) in [7, 11) is 0. The fourth-order valence-electron chi connectivity index (χ4n) is 1.38. The Morgan fingerprint density at radius 2 is 2.18 bits per heavy atom. The molecule has 1 aromatic carbocycles. The lowest BCUT2D eigenvalue weighted by molar-refractivity contribution is 0.972. The van der Waals surface area contributed by atoms with Crippen LogP contribution < -0.4 is 5.73 Å². The molecule has 7 heteroatoms. The number of hydrogen-bond acceptors (Lipinski definition) is 5. The summed E-state index contributed by atoms with van der Waals surface area (Å²) >= 11 is 2.99. The van der Waals surface area contributed by atoms with Crippen LogP contribution >= 0.6 is 23.5 Å². The molecule has 0 spiro atoms. The number of aromatic nitrogens is 3. The molecule has 0 amide bonds. The van der Waals surface area contributed by atoms with Gasteiger partial charge in [-0.25, -0.2) is 4.98 Å². The molecule has 2 rings (SSSR count). The molecule has 0 unspecified atom stereocenters. The lowest BCUT2D eigenvalue weighted by atomic mass is 10.2. The summed E-state index contributed by atoms with van der Waals surface area (Å²) in [6.07, 6.45) is 3.42. The predicted octanol–water partition coefficient (Wildman–Crippen LogP) is 1.96. The molecule has 88 valence electrons. The third-order valence-corrected chi connectivity index (χ3v) is 3.81. The maximum atomic E-state index is 7.65. The summed E-state index contributed by atoms with van der Waals surface area (Å²) < 4.78 is 0. The first kappa shape index (κ1) is 12.0. The maximum Gasteiger partial charge on any atom is 0.188 e. The van der Waals surface area contributed by atoms with Crippen LogP contribution in [0.15, 0.2) is 39.5 Å². The molecular formula is C10H11N5S2.